The van der Waals surface area contributed by atoms with Crippen molar-refractivity contribution in [1.82, 2.24) is 14.8 Å². The number of benzene rings is 1. The van der Waals surface area contributed by atoms with Gasteiger partial charge in [-0.1, -0.05) is 25.4 Å². The predicted molar refractivity (Wildman–Crippen MR) is 129 cm³/mol. The summed E-state index contributed by atoms with van der Waals surface area (Å²) in [5, 5.41) is 20.8. The number of carbonyl (C=O) groups is 1. The maximum atomic E-state index is 13.5. The number of ether oxygens (including phenoxy) is 1. The van der Waals surface area contributed by atoms with Crippen molar-refractivity contribution in [1.29, 1.82) is 5.26 Å². The average Bonchev–Trinajstić information content (AvgIpc) is 3.45. The number of aromatic nitrogens is 3. The van der Waals surface area contributed by atoms with Crippen LogP contribution < -0.4 is 10.1 Å². The third-order valence-corrected chi connectivity index (χ3v) is 5.89. The van der Waals surface area contributed by atoms with Crippen molar-refractivity contribution in [2.24, 2.45) is 0 Å². The Morgan fingerprint density at radius 2 is 2.12 bits per heavy atom. The van der Waals surface area contributed by atoms with E-state index >= 15 is 0 Å². The number of carbonyl (C=O) groups excluding carboxylic acids is 1. The van der Waals surface area contributed by atoms with E-state index in [0.717, 1.165) is 11.1 Å². The summed E-state index contributed by atoms with van der Waals surface area (Å²) in [6.07, 6.45) is 1.58. The molecule has 0 saturated carbocycles. The lowest BCUT2D eigenvalue weighted by Crippen LogP contribution is -2.19. The van der Waals surface area contributed by atoms with E-state index in [9.17, 15) is 10.1 Å². The van der Waals surface area contributed by atoms with Crippen LogP contribution in [0.25, 0.3) is 5.82 Å². The smallest absolute Gasteiger partial charge is 0.274 e. The first kappa shape index (κ1) is 22.5. The second-order valence-electron chi connectivity index (χ2n) is 7.63. The van der Waals surface area contributed by atoms with E-state index in [4.69, 9.17) is 16.3 Å². The Morgan fingerprint density at radius 3 is 2.79 bits per heavy atom. The molecular formula is C24H20ClN5O2S. The molecule has 3 heterocycles. The highest BCUT2D eigenvalue weighted by Gasteiger charge is 2.22. The molecule has 0 unspecified atom stereocenters. The average molecular weight is 478 g/mol. The summed E-state index contributed by atoms with van der Waals surface area (Å²) < 4.78 is 7.18. The lowest BCUT2D eigenvalue weighted by atomic mass is 9.95. The van der Waals surface area contributed by atoms with Crippen LogP contribution in [0, 0.1) is 18.3 Å². The standard InChI is InChI=1S/C24H20ClN5O2S/c1-14(2)18-10-16(12-26)9-15(3)22(18)28-24(31)20-11-21(32-17-6-8-33-13-17)29-30(20)23-19(25)5-4-7-27-23/h4-11,13-14H,1-3H3,(H,28,31). The van der Waals surface area contributed by atoms with Gasteiger partial charge < -0.3 is 10.1 Å². The summed E-state index contributed by atoms with van der Waals surface area (Å²) >= 11 is 7.84. The monoisotopic (exact) mass is 477 g/mol. The van der Waals surface area contributed by atoms with E-state index < -0.39 is 5.91 Å². The minimum absolute atomic E-state index is 0.0972. The van der Waals surface area contributed by atoms with Crippen LogP contribution in [-0.2, 0) is 0 Å². The lowest BCUT2D eigenvalue weighted by Gasteiger charge is -2.17. The molecule has 1 aromatic carbocycles. The Kier molecular flexibility index (Phi) is 6.45. The number of nitrogens with zero attached hydrogens (tertiary/aromatic N) is 4. The van der Waals surface area contributed by atoms with Gasteiger partial charge >= 0.3 is 0 Å². The van der Waals surface area contributed by atoms with Gasteiger partial charge in [0.05, 0.1) is 16.7 Å². The molecule has 0 aliphatic heterocycles. The summed E-state index contributed by atoms with van der Waals surface area (Å²) in [4.78, 5) is 17.7. The van der Waals surface area contributed by atoms with Gasteiger partial charge in [-0.3, -0.25) is 4.79 Å². The Morgan fingerprint density at radius 1 is 1.30 bits per heavy atom. The second-order valence-corrected chi connectivity index (χ2v) is 8.81. The van der Waals surface area contributed by atoms with Crippen LogP contribution in [0.15, 0.2) is 53.4 Å². The minimum Gasteiger partial charge on any atom is -0.437 e. The predicted octanol–water partition coefficient (Wildman–Crippen LogP) is 6.33. The van der Waals surface area contributed by atoms with Gasteiger partial charge in [0.1, 0.15) is 11.4 Å². The molecule has 9 heteroatoms. The third-order valence-electron chi connectivity index (χ3n) is 4.93. The number of aryl methyl sites for hydroxylation is 1. The van der Waals surface area contributed by atoms with Crippen molar-refractivity contribution < 1.29 is 9.53 Å². The van der Waals surface area contributed by atoms with Crippen LogP contribution in [0.3, 0.4) is 0 Å². The van der Waals surface area contributed by atoms with Crippen molar-refractivity contribution in [2.75, 3.05) is 5.32 Å². The number of hydrogen-bond acceptors (Lipinski definition) is 6. The Balaban J connectivity index is 1.77. The van der Waals surface area contributed by atoms with Gasteiger partial charge in [-0.2, -0.15) is 5.26 Å². The van der Waals surface area contributed by atoms with E-state index in [1.165, 1.54) is 16.0 Å². The van der Waals surface area contributed by atoms with Gasteiger partial charge in [0.15, 0.2) is 5.82 Å². The van der Waals surface area contributed by atoms with Gasteiger partial charge in [-0.05, 0) is 59.7 Å². The van der Waals surface area contributed by atoms with Crippen molar-refractivity contribution in [3.05, 3.63) is 80.8 Å². The number of nitrogens with one attached hydrogen (secondary N) is 1. The van der Waals surface area contributed by atoms with Crippen LogP contribution in [-0.4, -0.2) is 20.7 Å². The molecule has 7 nitrogen and oxygen atoms in total. The molecule has 0 spiro atoms. The zero-order valence-corrected chi connectivity index (χ0v) is 19.7. The molecule has 0 aliphatic carbocycles. The molecule has 4 rings (SSSR count). The van der Waals surface area contributed by atoms with Gasteiger partial charge in [0.25, 0.3) is 5.91 Å². The van der Waals surface area contributed by atoms with E-state index in [2.05, 4.69) is 21.5 Å². The van der Waals surface area contributed by atoms with Crippen molar-refractivity contribution >= 4 is 34.5 Å². The molecule has 0 aliphatic rings. The van der Waals surface area contributed by atoms with Gasteiger partial charge in [-0.15, -0.1) is 16.4 Å². The van der Waals surface area contributed by atoms with Crippen molar-refractivity contribution in [3.63, 3.8) is 0 Å². The molecule has 1 amide bonds. The number of thiophene rings is 1. The number of rotatable bonds is 6. The van der Waals surface area contributed by atoms with Gasteiger partial charge in [0, 0.05) is 23.3 Å². The molecule has 0 saturated heterocycles. The fourth-order valence-corrected chi connectivity index (χ4v) is 4.13. The summed E-state index contributed by atoms with van der Waals surface area (Å²) in [6, 6.07) is 12.5. The first-order valence-corrected chi connectivity index (χ1v) is 11.5. The zero-order chi connectivity index (χ0) is 23.5. The molecule has 0 radical (unpaired) electrons. The molecule has 4 aromatic rings. The van der Waals surface area contributed by atoms with Crippen molar-refractivity contribution in [2.45, 2.75) is 26.7 Å². The third kappa shape index (κ3) is 4.75. The number of nitriles is 1. The molecule has 33 heavy (non-hydrogen) atoms. The van der Waals surface area contributed by atoms with Crippen LogP contribution >= 0.6 is 22.9 Å². The van der Waals surface area contributed by atoms with Gasteiger partial charge in [0.2, 0.25) is 5.88 Å². The Hall–Kier alpha value is -3.67. The van der Waals surface area contributed by atoms with Crippen LogP contribution in [0.4, 0.5) is 5.69 Å². The van der Waals surface area contributed by atoms with E-state index in [1.54, 1.807) is 36.5 Å². The van der Waals surface area contributed by atoms with E-state index in [1.807, 2.05) is 37.6 Å². The molecule has 0 atom stereocenters. The summed E-state index contributed by atoms with van der Waals surface area (Å²) in [6.45, 7) is 5.88. The van der Waals surface area contributed by atoms with Crippen LogP contribution in [0.2, 0.25) is 5.02 Å². The van der Waals surface area contributed by atoms with Gasteiger partial charge in [-0.25, -0.2) is 9.67 Å². The SMILES string of the molecule is Cc1cc(C#N)cc(C(C)C)c1NC(=O)c1cc(Oc2ccsc2)nn1-c1ncccc1Cl. The number of pyridine rings is 1. The quantitative estimate of drug-likeness (QED) is 0.350. The number of halogens is 1. The van der Waals surface area contributed by atoms with Crippen molar-refractivity contribution in [3.8, 4) is 23.5 Å². The van der Waals surface area contributed by atoms with E-state index in [-0.39, 0.29) is 17.5 Å². The fourth-order valence-electron chi connectivity index (χ4n) is 3.38. The zero-order valence-electron chi connectivity index (χ0n) is 18.2. The number of hydrogen-bond donors (Lipinski definition) is 1. The lowest BCUT2D eigenvalue weighted by molar-refractivity contribution is 0.101. The molecular weight excluding hydrogens is 458 g/mol. The largest absolute Gasteiger partial charge is 0.437 e. The van der Waals surface area contributed by atoms with Crippen LogP contribution in [0.5, 0.6) is 11.6 Å². The highest BCUT2D eigenvalue weighted by molar-refractivity contribution is 7.08. The molecule has 0 bridgehead atoms. The molecule has 0 fully saturated rings. The fraction of sp³-hybridized carbons (Fsp3) is 0.167. The molecule has 166 valence electrons. The molecule has 1 N–H and O–H groups in total. The van der Waals surface area contributed by atoms with E-state index in [0.29, 0.717) is 27.8 Å². The summed E-state index contributed by atoms with van der Waals surface area (Å²) in [5.41, 5.74) is 3.08. The highest BCUT2D eigenvalue weighted by atomic mass is 35.5. The Labute approximate surface area is 200 Å². The minimum atomic E-state index is -0.404. The first-order valence-electron chi connectivity index (χ1n) is 10.1. The number of amides is 1. The molecule has 3 aromatic heterocycles. The second kappa shape index (κ2) is 9.45. The first-order chi connectivity index (χ1) is 15.9. The Bertz CT molecular complexity index is 1360. The number of anilines is 1. The van der Waals surface area contributed by atoms with Crippen LogP contribution in [0.1, 0.15) is 46.9 Å². The maximum Gasteiger partial charge on any atom is 0.274 e. The maximum absolute atomic E-state index is 13.5. The summed E-state index contributed by atoms with van der Waals surface area (Å²) in [7, 11) is 0. The highest BCUT2D eigenvalue weighted by Crippen LogP contribution is 2.31. The normalized spacial score (nSPS) is 10.8. The topological polar surface area (TPSA) is 92.8 Å². The summed E-state index contributed by atoms with van der Waals surface area (Å²) in [5.74, 6) is 0.860.